The molecule has 0 aliphatic rings. The number of para-hydroxylation sites is 2. The van der Waals surface area contributed by atoms with Crippen molar-refractivity contribution in [2.24, 2.45) is 13.0 Å². The highest BCUT2D eigenvalue weighted by Gasteiger charge is 2.15. The lowest BCUT2D eigenvalue weighted by Crippen LogP contribution is -2.30. The highest BCUT2D eigenvalue weighted by atomic mass is 15.1. The fourth-order valence-electron chi connectivity index (χ4n) is 2.55. The van der Waals surface area contributed by atoms with Crippen molar-refractivity contribution in [1.29, 1.82) is 0 Å². The quantitative estimate of drug-likeness (QED) is 0.863. The van der Waals surface area contributed by atoms with Crippen molar-refractivity contribution in [2.45, 2.75) is 39.2 Å². The summed E-state index contributed by atoms with van der Waals surface area (Å²) in [5.41, 5.74) is 2.31. The van der Waals surface area contributed by atoms with Crippen LogP contribution in [0.2, 0.25) is 0 Å². The van der Waals surface area contributed by atoms with E-state index >= 15 is 0 Å². The van der Waals surface area contributed by atoms with Crippen LogP contribution in [0.3, 0.4) is 0 Å². The third-order valence-corrected chi connectivity index (χ3v) is 4.10. The minimum absolute atomic E-state index is 0.505. The molecule has 0 aliphatic carbocycles. The largest absolute Gasteiger partial charge is 0.331 e. The van der Waals surface area contributed by atoms with Crippen molar-refractivity contribution in [3.8, 4) is 0 Å². The molecule has 1 aromatic heterocycles. The van der Waals surface area contributed by atoms with Crippen LogP contribution in [-0.4, -0.2) is 22.6 Å². The third-order valence-electron chi connectivity index (χ3n) is 4.10. The third kappa shape index (κ3) is 3.16. The monoisotopic (exact) mass is 259 g/mol. The molecule has 2 rings (SSSR count). The van der Waals surface area contributed by atoms with Gasteiger partial charge in [0.2, 0.25) is 0 Å². The van der Waals surface area contributed by atoms with Gasteiger partial charge in [0.05, 0.1) is 11.0 Å². The van der Waals surface area contributed by atoms with E-state index in [4.69, 9.17) is 4.98 Å². The standard InChI is InChI=1S/C16H25N3/c1-5-12(2)10-13(17-3)11-16-18-14-8-6-7-9-15(14)19(16)4/h6-9,12-13,17H,5,10-11H2,1-4H3. The van der Waals surface area contributed by atoms with Crippen LogP contribution in [0.25, 0.3) is 11.0 Å². The lowest BCUT2D eigenvalue weighted by atomic mass is 9.97. The lowest BCUT2D eigenvalue weighted by Gasteiger charge is -2.19. The zero-order chi connectivity index (χ0) is 13.8. The smallest absolute Gasteiger partial charge is 0.111 e. The van der Waals surface area contributed by atoms with Crippen LogP contribution in [-0.2, 0) is 13.5 Å². The second kappa shape index (κ2) is 6.20. The van der Waals surface area contributed by atoms with E-state index in [2.05, 4.69) is 56.0 Å². The molecule has 0 amide bonds. The van der Waals surface area contributed by atoms with Crippen molar-refractivity contribution in [3.63, 3.8) is 0 Å². The van der Waals surface area contributed by atoms with E-state index in [0.717, 1.165) is 17.9 Å². The van der Waals surface area contributed by atoms with Gasteiger partial charge in [-0.05, 0) is 31.5 Å². The molecule has 1 aromatic carbocycles. The number of rotatable bonds is 6. The summed E-state index contributed by atoms with van der Waals surface area (Å²) in [6, 6.07) is 8.85. The highest BCUT2D eigenvalue weighted by Crippen LogP contribution is 2.18. The van der Waals surface area contributed by atoms with Crippen molar-refractivity contribution >= 4 is 11.0 Å². The minimum Gasteiger partial charge on any atom is -0.331 e. The molecular formula is C16H25N3. The second-order valence-electron chi connectivity index (χ2n) is 5.51. The summed E-state index contributed by atoms with van der Waals surface area (Å²) in [4.78, 5) is 4.76. The van der Waals surface area contributed by atoms with E-state index in [0.29, 0.717) is 6.04 Å². The molecule has 0 spiro atoms. The first kappa shape index (κ1) is 14.1. The van der Waals surface area contributed by atoms with Crippen LogP contribution < -0.4 is 5.32 Å². The van der Waals surface area contributed by atoms with Gasteiger partial charge in [-0.15, -0.1) is 0 Å². The molecule has 0 saturated heterocycles. The van der Waals surface area contributed by atoms with Gasteiger partial charge in [0.1, 0.15) is 5.82 Å². The zero-order valence-corrected chi connectivity index (χ0v) is 12.5. The van der Waals surface area contributed by atoms with Crippen LogP contribution in [0.15, 0.2) is 24.3 Å². The molecule has 104 valence electrons. The van der Waals surface area contributed by atoms with Crippen molar-refractivity contribution in [1.82, 2.24) is 14.9 Å². The Labute approximate surface area is 116 Å². The van der Waals surface area contributed by atoms with Gasteiger partial charge in [-0.25, -0.2) is 4.98 Å². The van der Waals surface area contributed by atoms with Gasteiger partial charge >= 0.3 is 0 Å². The molecule has 1 N–H and O–H groups in total. The maximum Gasteiger partial charge on any atom is 0.111 e. The molecule has 0 radical (unpaired) electrons. The SMILES string of the molecule is CCC(C)CC(Cc1nc2ccccc2n1C)NC. The maximum atomic E-state index is 4.76. The Hall–Kier alpha value is -1.35. The first-order valence-electron chi connectivity index (χ1n) is 7.23. The highest BCUT2D eigenvalue weighted by molar-refractivity contribution is 5.75. The normalized spacial score (nSPS) is 14.7. The lowest BCUT2D eigenvalue weighted by molar-refractivity contribution is 0.404. The Balaban J connectivity index is 2.17. The second-order valence-corrected chi connectivity index (χ2v) is 5.51. The van der Waals surface area contributed by atoms with Gasteiger partial charge in [-0.3, -0.25) is 0 Å². The van der Waals surface area contributed by atoms with E-state index < -0.39 is 0 Å². The fourth-order valence-corrected chi connectivity index (χ4v) is 2.55. The number of likely N-dealkylation sites (N-methyl/N-ethyl adjacent to an activating group) is 1. The van der Waals surface area contributed by atoms with Gasteiger partial charge in [0.15, 0.2) is 0 Å². The summed E-state index contributed by atoms with van der Waals surface area (Å²) in [7, 11) is 4.16. The minimum atomic E-state index is 0.505. The van der Waals surface area contributed by atoms with Crippen molar-refractivity contribution in [2.75, 3.05) is 7.05 Å². The summed E-state index contributed by atoms with van der Waals surface area (Å²) in [6.07, 6.45) is 3.43. The molecule has 19 heavy (non-hydrogen) atoms. The number of fused-ring (bicyclic) bond motifs is 1. The van der Waals surface area contributed by atoms with Crippen molar-refractivity contribution in [3.05, 3.63) is 30.1 Å². The van der Waals surface area contributed by atoms with Crippen LogP contribution in [0.5, 0.6) is 0 Å². The molecule has 0 bridgehead atoms. The Morgan fingerprint density at radius 1 is 1.32 bits per heavy atom. The van der Waals surface area contributed by atoms with E-state index in [1.807, 2.05) is 6.07 Å². The average molecular weight is 259 g/mol. The number of aryl methyl sites for hydroxylation is 1. The zero-order valence-electron chi connectivity index (χ0n) is 12.5. The summed E-state index contributed by atoms with van der Waals surface area (Å²) >= 11 is 0. The molecule has 3 nitrogen and oxygen atoms in total. The summed E-state index contributed by atoms with van der Waals surface area (Å²) < 4.78 is 2.22. The van der Waals surface area contributed by atoms with Crippen LogP contribution in [0.1, 0.15) is 32.5 Å². The number of nitrogens with zero attached hydrogens (tertiary/aromatic N) is 2. The first-order chi connectivity index (χ1) is 9.15. The van der Waals surface area contributed by atoms with Crippen LogP contribution in [0, 0.1) is 5.92 Å². The summed E-state index contributed by atoms with van der Waals surface area (Å²) in [5, 5.41) is 3.43. The number of nitrogens with one attached hydrogen (secondary N) is 1. The predicted molar refractivity (Wildman–Crippen MR) is 81.3 cm³/mol. The molecule has 2 aromatic rings. The maximum absolute atomic E-state index is 4.76. The Bertz CT molecular complexity index is 530. The topological polar surface area (TPSA) is 29.9 Å². The summed E-state index contributed by atoms with van der Waals surface area (Å²) in [6.45, 7) is 4.58. The van der Waals surface area contributed by atoms with E-state index in [-0.39, 0.29) is 0 Å². The molecule has 2 atom stereocenters. The predicted octanol–water partition coefficient (Wildman–Crippen LogP) is 3.14. The molecule has 3 heteroatoms. The van der Waals surface area contributed by atoms with Crippen molar-refractivity contribution < 1.29 is 0 Å². The average Bonchev–Trinajstić information content (AvgIpc) is 2.75. The van der Waals surface area contributed by atoms with E-state index in [1.54, 1.807) is 0 Å². The van der Waals surface area contributed by atoms with E-state index in [9.17, 15) is 0 Å². The molecule has 2 unspecified atom stereocenters. The molecule has 0 saturated carbocycles. The molecule has 0 fully saturated rings. The van der Waals surface area contributed by atoms with E-state index in [1.165, 1.54) is 24.2 Å². The Morgan fingerprint density at radius 3 is 2.68 bits per heavy atom. The van der Waals surface area contributed by atoms with Gasteiger partial charge in [0.25, 0.3) is 0 Å². The first-order valence-corrected chi connectivity index (χ1v) is 7.23. The van der Waals surface area contributed by atoms with Gasteiger partial charge in [-0.1, -0.05) is 32.4 Å². The molecule has 1 heterocycles. The number of imidazole rings is 1. The number of aromatic nitrogens is 2. The van der Waals surface area contributed by atoms with Crippen LogP contribution in [0.4, 0.5) is 0 Å². The van der Waals surface area contributed by atoms with Gasteiger partial charge < -0.3 is 9.88 Å². The Morgan fingerprint density at radius 2 is 2.05 bits per heavy atom. The summed E-state index contributed by atoms with van der Waals surface area (Å²) in [5.74, 6) is 1.93. The van der Waals surface area contributed by atoms with Gasteiger partial charge in [-0.2, -0.15) is 0 Å². The number of benzene rings is 1. The number of hydrogen-bond acceptors (Lipinski definition) is 2. The Kier molecular flexibility index (Phi) is 4.59. The molecule has 0 aliphatic heterocycles. The van der Waals surface area contributed by atoms with Crippen LogP contribution >= 0.6 is 0 Å². The fraction of sp³-hybridized carbons (Fsp3) is 0.562. The van der Waals surface area contributed by atoms with Gasteiger partial charge in [0, 0.05) is 19.5 Å². The number of hydrogen-bond donors (Lipinski definition) is 1. The molecular weight excluding hydrogens is 234 g/mol.